The molecule has 21 heavy (non-hydrogen) atoms. The monoisotopic (exact) mass is 284 g/mol. The van der Waals surface area contributed by atoms with E-state index in [-0.39, 0.29) is 0 Å². The predicted octanol–water partition coefficient (Wildman–Crippen LogP) is 3.78. The molecule has 0 saturated heterocycles. The van der Waals surface area contributed by atoms with Crippen molar-refractivity contribution >= 4 is 11.1 Å². The average molecular weight is 284 g/mol. The highest BCUT2D eigenvalue weighted by molar-refractivity contribution is 5.72. The quantitative estimate of drug-likeness (QED) is 0.908. The van der Waals surface area contributed by atoms with Crippen LogP contribution in [0.15, 0.2) is 28.7 Å². The van der Waals surface area contributed by atoms with Crippen LogP contribution in [0.25, 0.3) is 11.1 Å². The fraction of sp³-hybridized carbons (Fsp3) is 0.611. The lowest BCUT2D eigenvalue weighted by atomic mass is 10.0. The minimum absolute atomic E-state index is 0.538. The van der Waals surface area contributed by atoms with Crippen molar-refractivity contribution in [3.63, 3.8) is 0 Å². The molecule has 3 nitrogen and oxygen atoms in total. The van der Waals surface area contributed by atoms with Crippen molar-refractivity contribution < 1.29 is 4.42 Å². The summed E-state index contributed by atoms with van der Waals surface area (Å²) in [5.41, 5.74) is 1.90. The SMILES string of the molecule is CCNC(Cc1nc2ccccc2o1)C1C2CCCCC21. The number of oxazole rings is 1. The Hall–Kier alpha value is -1.35. The minimum Gasteiger partial charge on any atom is -0.441 e. The van der Waals surface area contributed by atoms with Crippen LogP contribution in [0.5, 0.6) is 0 Å². The van der Waals surface area contributed by atoms with Crippen molar-refractivity contribution in [2.75, 3.05) is 6.54 Å². The molecule has 3 atom stereocenters. The van der Waals surface area contributed by atoms with Crippen LogP contribution in [-0.2, 0) is 6.42 Å². The van der Waals surface area contributed by atoms with Gasteiger partial charge in [0.2, 0.25) is 0 Å². The molecule has 0 bridgehead atoms. The molecule has 0 spiro atoms. The standard InChI is InChI=1S/C18H24N2O/c1-2-19-15(18-12-7-3-4-8-13(12)18)11-17-20-14-9-5-6-10-16(14)21-17/h5-6,9-10,12-13,15,18-19H,2-4,7-8,11H2,1H3. The van der Waals surface area contributed by atoms with Crippen molar-refractivity contribution in [3.8, 4) is 0 Å². The van der Waals surface area contributed by atoms with E-state index in [0.717, 1.165) is 47.7 Å². The molecule has 0 aliphatic heterocycles. The summed E-state index contributed by atoms with van der Waals surface area (Å²) in [6.07, 6.45) is 6.66. The average Bonchev–Trinajstić information content (AvgIpc) is 3.09. The van der Waals surface area contributed by atoms with E-state index in [2.05, 4.69) is 17.2 Å². The molecule has 1 heterocycles. The van der Waals surface area contributed by atoms with Gasteiger partial charge in [-0.15, -0.1) is 0 Å². The molecule has 3 unspecified atom stereocenters. The highest BCUT2D eigenvalue weighted by atomic mass is 16.3. The Labute approximate surface area is 126 Å². The molecule has 1 aromatic carbocycles. The molecule has 0 radical (unpaired) electrons. The summed E-state index contributed by atoms with van der Waals surface area (Å²) in [6.45, 7) is 3.23. The van der Waals surface area contributed by atoms with E-state index in [1.54, 1.807) is 0 Å². The Bertz CT molecular complexity index is 575. The number of aromatic nitrogens is 1. The molecule has 1 N–H and O–H groups in total. The summed E-state index contributed by atoms with van der Waals surface area (Å²) in [7, 11) is 0. The lowest BCUT2D eigenvalue weighted by molar-refractivity contribution is 0.397. The maximum atomic E-state index is 5.93. The number of nitrogens with zero attached hydrogens (tertiary/aromatic N) is 1. The van der Waals surface area contributed by atoms with Gasteiger partial charge in [0.25, 0.3) is 0 Å². The van der Waals surface area contributed by atoms with Crippen molar-refractivity contribution in [2.45, 2.75) is 45.1 Å². The molecule has 2 aromatic rings. The van der Waals surface area contributed by atoms with E-state index >= 15 is 0 Å². The van der Waals surface area contributed by atoms with E-state index in [1.807, 2.05) is 24.3 Å². The summed E-state index contributed by atoms with van der Waals surface area (Å²) in [6, 6.07) is 8.60. The number of para-hydroxylation sites is 2. The van der Waals surface area contributed by atoms with Gasteiger partial charge in [-0.25, -0.2) is 4.98 Å². The minimum atomic E-state index is 0.538. The van der Waals surface area contributed by atoms with Crippen molar-refractivity contribution in [2.24, 2.45) is 17.8 Å². The normalized spacial score (nSPS) is 29.3. The zero-order valence-electron chi connectivity index (χ0n) is 12.7. The van der Waals surface area contributed by atoms with Gasteiger partial charge in [0, 0.05) is 12.5 Å². The van der Waals surface area contributed by atoms with Crippen LogP contribution in [0.2, 0.25) is 0 Å². The van der Waals surface area contributed by atoms with Gasteiger partial charge in [-0.1, -0.05) is 31.9 Å². The van der Waals surface area contributed by atoms with E-state index in [0.29, 0.717) is 6.04 Å². The fourth-order valence-electron chi connectivity index (χ4n) is 4.45. The highest BCUT2D eigenvalue weighted by Crippen LogP contribution is 2.57. The van der Waals surface area contributed by atoms with Gasteiger partial charge in [0.05, 0.1) is 0 Å². The third-order valence-electron chi connectivity index (χ3n) is 5.39. The van der Waals surface area contributed by atoms with Crippen molar-refractivity contribution in [3.05, 3.63) is 30.2 Å². The Balaban J connectivity index is 1.52. The summed E-state index contributed by atoms with van der Waals surface area (Å²) >= 11 is 0. The maximum absolute atomic E-state index is 5.93. The molecule has 3 heteroatoms. The third-order valence-corrected chi connectivity index (χ3v) is 5.39. The highest BCUT2D eigenvalue weighted by Gasteiger charge is 2.53. The van der Waals surface area contributed by atoms with Gasteiger partial charge in [-0.05, 0) is 49.3 Å². The smallest absolute Gasteiger partial charge is 0.197 e. The van der Waals surface area contributed by atoms with Crippen LogP contribution in [0.3, 0.4) is 0 Å². The summed E-state index contributed by atoms with van der Waals surface area (Å²) in [5, 5.41) is 3.69. The van der Waals surface area contributed by atoms with Crippen LogP contribution in [0.1, 0.15) is 38.5 Å². The van der Waals surface area contributed by atoms with E-state index < -0.39 is 0 Å². The lowest BCUT2D eigenvalue weighted by Crippen LogP contribution is -2.34. The second-order valence-electron chi connectivity index (χ2n) is 6.63. The van der Waals surface area contributed by atoms with E-state index in [9.17, 15) is 0 Å². The first-order valence-electron chi connectivity index (χ1n) is 8.44. The van der Waals surface area contributed by atoms with Crippen LogP contribution < -0.4 is 5.32 Å². The molecule has 112 valence electrons. The van der Waals surface area contributed by atoms with Gasteiger partial charge in [0.1, 0.15) is 5.52 Å². The molecule has 2 fully saturated rings. The van der Waals surface area contributed by atoms with E-state index in [1.165, 1.54) is 25.7 Å². The van der Waals surface area contributed by atoms with Crippen LogP contribution in [0.4, 0.5) is 0 Å². The Morgan fingerprint density at radius 1 is 1.24 bits per heavy atom. The molecule has 4 rings (SSSR count). The summed E-state index contributed by atoms with van der Waals surface area (Å²) in [4.78, 5) is 4.66. The van der Waals surface area contributed by atoms with Gasteiger partial charge >= 0.3 is 0 Å². The Morgan fingerprint density at radius 2 is 2.00 bits per heavy atom. The Kier molecular flexibility index (Phi) is 3.46. The number of nitrogens with one attached hydrogen (secondary N) is 1. The topological polar surface area (TPSA) is 38.1 Å². The first-order chi connectivity index (χ1) is 10.4. The Morgan fingerprint density at radius 3 is 2.71 bits per heavy atom. The van der Waals surface area contributed by atoms with Gasteiger partial charge in [0.15, 0.2) is 11.5 Å². The zero-order valence-corrected chi connectivity index (χ0v) is 12.7. The molecular formula is C18H24N2O. The number of hydrogen-bond donors (Lipinski definition) is 1. The molecule has 2 saturated carbocycles. The third kappa shape index (κ3) is 2.48. The molecule has 2 aliphatic carbocycles. The summed E-state index contributed by atoms with van der Waals surface area (Å²) in [5.74, 6) is 3.67. The predicted molar refractivity (Wildman–Crippen MR) is 84.1 cm³/mol. The molecule has 0 amide bonds. The maximum Gasteiger partial charge on any atom is 0.197 e. The molecular weight excluding hydrogens is 260 g/mol. The number of fused-ring (bicyclic) bond motifs is 2. The van der Waals surface area contributed by atoms with Gasteiger partial charge < -0.3 is 9.73 Å². The summed E-state index contributed by atoms with van der Waals surface area (Å²) < 4.78 is 5.93. The van der Waals surface area contributed by atoms with Crippen molar-refractivity contribution in [1.29, 1.82) is 0 Å². The zero-order chi connectivity index (χ0) is 14.2. The number of hydrogen-bond acceptors (Lipinski definition) is 3. The van der Waals surface area contributed by atoms with Crippen LogP contribution in [-0.4, -0.2) is 17.6 Å². The second kappa shape index (κ2) is 5.45. The lowest BCUT2D eigenvalue weighted by Gasteiger charge is -2.16. The van der Waals surface area contributed by atoms with Crippen LogP contribution >= 0.6 is 0 Å². The number of likely N-dealkylation sites (N-methyl/N-ethyl adjacent to an activating group) is 1. The molecule has 1 aromatic heterocycles. The first kappa shape index (κ1) is 13.3. The van der Waals surface area contributed by atoms with Gasteiger partial charge in [-0.3, -0.25) is 0 Å². The second-order valence-corrected chi connectivity index (χ2v) is 6.63. The number of rotatable bonds is 5. The number of benzene rings is 1. The van der Waals surface area contributed by atoms with Gasteiger partial charge in [-0.2, -0.15) is 0 Å². The molecule has 2 aliphatic rings. The van der Waals surface area contributed by atoms with Crippen molar-refractivity contribution in [1.82, 2.24) is 10.3 Å². The van der Waals surface area contributed by atoms with E-state index in [4.69, 9.17) is 4.42 Å². The fourth-order valence-corrected chi connectivity index (χ4v) is 4.45. The first-order valence-corrected chi connectivity index (χ1v) is 8.44. The largest absolute Gasteiger partial charge is 0.441 e. The van der Waals surface area contributed by atoms with Crippen LogP contribution in [0, 0.1) is 17.8 Å².